The van der Waals surface area contributed by atoms with Crippen molar-refractivity contribution in [3.05, 3.63) is 34.9 Å². The summed E-state index contributed by atoms with van der Waals surface area (Å²) < 4.78 is 5.69. The molecule has 1 fully saturated rings. The van der Waals surface area contributed by atoms with E-state index in [0.717, 1.165) is 49.4 Å². The molecule has 1 aliphatic heterocycles. The summed E-state index contributed by atoms with van der Waals surface area (Å²) in [5.41, 5.74) is 3.00. The van der Waals surface area contributed by atoms with Crippen LogP contribution in [0.3, 0.4) is 0 Å². The van der Waals surface area contributed by atoms with Crippen LogP contribution in [-0.4, -0.2) is 41.5 Å². The molecule has 1 saturated carbocycles. The Morgan fingerprint density at radius 3 is 2.61 bits per heavy atom. The first kappa shape index (κ1) is 22.8. The minimum atomic E-state index is -0.748. The zero-order valence-electron chi connectivity index (χ0n) is 19.9. The van der Waals surface area contributed by atoms with Crippen LogP contribution in [-0.2, 0) is 27.9 Å². The van der Waals surface area contributed by atoms with E-state index in [1.165, 1.54) is 23.1 Å². The number of aliphatic imine (C=N–C) groups is 1. The molecule has 3 aliphatic rings. The highest BCUT2D eigenvalue weighted by Crippen LogP contribution is 2.62. The normalized spacial score (nSPS) is 30.0. The minimum Gasteiger partial charge on any atom is -0.381 e. The second-order valence-electron chi connectivity index (χ2n) is 9.90. The van der Waals surface area contributed by atoms with E-state index in [9.17, 15) is 4.79 Å². The summed E-state index contributed by atoms with van der Waals surface area (Å²) in [6.45, 7) is 9.45. The summed E-state index contributed by atoms with van der Waals surface area (Å²) in [7, 11) is 1.82. The Morgan fingerprint density at radius 2 is 2.00 bits per heavy atom. The Kier molecular flexibility index (Phi) is 6.56. The molecule has 0 N–H and O–H groups in total. The number of fused-ring (bicyclic) bond motifs is 3. The first-order valence-electron chi connectivity index (χ1n) is 12.1. The second kappa shape index (κ2) is 8.90. The fraction of sp³-hybridized carbons (Fsp3) is 0.692. The Labute approximate surface area is 192 Å². The van der Waals surface area contributed by atoms with Gasteiger partial charge in [-0.15, -0.1) is 0 Å². The fourth-order valence-electron chi connectivity index (χ4n) is 5.99. The number of amidine groups is 1. The van der Waals surface area contributed by atoms with Crippen LogP contribution >= 0.6 is 11.8 Å². The lowest BCUT2D eigenvalue weighted by atomic mass is 9.61. The van der Waals surface area contributed by atoms with Crippen LogP contribution in [0, 0.1) is 11.3 Å². The molecule has 0 radical (unpaired) electrons. The predicted molar refractivity (Wildman–Crippen MR) is 130 cm³/mol. The van der Waals surface area contributed by atoms with Crippen molar-refractivity contribution in [3.8, 4) is 0 Å². The summed E-state index contributed by atoms with van der Waals surface area (Å²) in [5.74, 6) is 1.81. The van der Waals surface area contributed by atoms with Gasteiger partial charge in [0.2, 0.25) is 0 Å². The predicted octanol–water partition coefficient (Wildman–Crippen LogP) is 5.57. The van der Waals surface area contributed by atoms with Gasteiger partial charge in [-0.2, -0.15) is 0 Å². The molecule has 0 bridgehead atoms. The Morgan fingerprint density at radius 1 is 1.26 bits per heavy atom. The molecule has 1 atom stereocenters. The third kappa shape index (κ3) is 3.66. The van der Waals surface area contributed by atoms with Crippen LogP contribution in [0.4, 0.5) is 0 Å². The van der Waals surface area contributed by atoms with E-state index in [0.29, 0.717) is 18.6 Å². The van der Waals surface area contributed by atoms with Gasteiger partial charge in [0.15, 0.2) is 10.7 Å². The SMILES string of the molecule is CCSC1=NC2(C(=O)N1CC)c1cc(CCC(C)C)ccc1CC21CCC(OC)CC1. The molecule has 4 rings (SSSR count). The van der Waals surface area contributed by atoms with Crippen LogP contribution in [0.2, 0.25) is 0 Å². The van der Waals surface area contributed by atoms with Gasteiger partial charge in [0, 0.05) is 19.1 Å². The number of aryl methyl sites for hydroxylation is 1. The van der Waals surface area contributed by atoms with Gasteiger partial charge in [0.1, 0.15) is 0 Å². The Hall–Kier alpha value is -1.33. The number of ether oxygens (including phenoxy) is 1. The molecule has 0 saturated heterocycles. The first-order valence-corrected chi connectivity index (χ1v) is 13.1. The molecule has 31 heavy (non-hydrogen) atoms. The molecular formula is C26H38N2O2S. The molecule has 1 heterocycles. The number of nitrogens with zero attached hydrogens (tertiary/aromatic N) is 2. The Bertz CT molecular complexity index is 857. The smallest absolute Gasteiger partial charge is 0.261 e. The topological polar surface area (TPSA) is 41.9 Å². The van der Waals surface area contributed by atoms with Crippen molar-refractivity contribution in [2.45, 2.75) is 84.3 Å². The zero-order valence-corrected chi connectivity index (χ0v) is 20.7. The molecule has 170 valence electrons. The third-order valence-corrected chi connectivity index (χ3v) is 8.59. The molecular weight excluding hydrogens is 404 g/mol. The van der Waals surface area contributed by atoms with Crippen molar-refractivity contribution < 1.29 is 9.53 Å². The van der Waals surface area contributed by atoms with Crippen LogP contribution in [0.15, 0.2) is 23.2 Å². The highest BCUT2D eigenvalue weighted by Gasteiger charge is 2.66. The number of amides is 1. The van der Waals surface area contributed by atoms with E-state index >= 15 is 0 Å². The summed E-state index contributed by atoms with van der Waals surface area (Å²) in [6, 6.07) is 6.93. The quantitative estimate of drug-likeness (QED) is 0.578. The number of hydrogen-bond acceptors (Lipinski definition) is 4. The summed E-state index contributed by atoms with van der Waals surface area (Å²) in [4.78, 5) is 21.5. The summed E-state index contributed by atoms with van der Waals surface area (Å²) in [6.07, 6.45) is 7.51. The fourth-order valence-corrected chi connectivity index (χ4v) is 6.82. The monoisotopic (exact) mass is 442 g/mol. The van der Waals surface area contributed by atoms with Gasteiger partial charge >= 0.3 is 0 Å². The van der Waals surface area contributed by atoms with E-state index in [1.54, 1.807) is 11.8 Å². The van der Waals surface area contributed by atoms with Gasteiger partial charge in [0.25, 0.3) is 5.91 Å². The van der Waals surface area contributed by atoms with Gasteiger partial charge in [-0.25, -0.2) is 4.99 Å². The van der Waals surface area contributed by atoms with Crippen molar-refractivity contribution in [1.29, 1.82) is 0 Å². The van der Waals surface area contributed by atoms with Crippen LogP contribution in [0.1, 0.15) is 76.5 Å². The number of thioether (sulfide) groups is 1. The van der Waals surface area contributed by atoms with Gasteiger partial charge in [-0.3, -0.25) is 9.69 Å². The maximum absolute atomic E-state index is 14.2. The van der Waals surface area contributed by atoms with Crippen molar-refractivity contribution >= 4 is 22.8 Å². The minimum absolute atomic E-state index is 0.123. The number of carbonyl (C=O) groups excluding carboxylic acids is 1. The molecule has 0 aromatic heterocycles. The van der Waals surface area contributed by atoms with E-state index < -0.39 is 5.54 Å². The lowest BCUT2D eigenvalue weighted by Gasteiger charge is -2.45. The van der Waals surface area contributed by atoms with Crippen LogP contribution < -0.4 is 0 Å². The molecule has 1 amide bonds. The molecule has 5 heteroatoms. The second-order valence-corrected chi connectivity index (χ2v) is 11.1. The van der Waals surface area contributed by atoms with Crippen LogP contribution in [0.5, 0.6) is 0 Å². The van der Waals surface area contributed by atoms with Gasteiger partial charge in [-0.05, 0) is 80.2 Å². The average Bonchev–Trinajstić information content (AvgIpc) is 3.19. The zero-order chi connectivity index (χ0) is 22.2. The highest BCUT2D eigenvalue weighted by atomic mass is 32.2. The average molecular weight is 443 g/mol. The number of methoxy groups -OCH3 is 1. The van der Waals surface area contributed by atoms with Crippen molar-refractivity contribution in [2.24, 2.45) is 16.3 Å². The van der Waals surface area contributed by atoms with E-state index in [2.05, 4.69) is 45.9 Å². The lowest BCUT2D eigenvalue weighted by molar-refractivity contribution is -0.138. The van der Waals surface area contributed by atoms with Gasteiger partial charge < -0.3 is 4.74 Å². The summed E-state index contributed by atoms with van der Waals surface area (Å²) >= 11 is 1.71. The lowest BCUT2D eigenvalue weighted by Crippen LogP contribution is -2.51. The molecule has 1 unspecified atom stereocenters. The van der Waals surface area contributed by atoms with E-state index in [4.69, 9.17) is 9.73 Å². The number of benzene rings is 1. The van der Waals surface area contributed by atoms with Crippen molar-refractivity contribution in [3.63, 3.8) is 0 Å². The maximum Gasteiger partial charge on any atom is 0.261 e. The standard InChI is InChI=1S/C26H38N2O2S/c1-6-28-23(29)26(27-24(28)31-7-2)22-16-19(9-8-18(3)4)10-11-20(22)17-25(26)14-12-21(30-5)13-15-25/h10-11,16,18,21H,6-9,12-15,17H2,1-5H3. The maximum atomic E-state index is 14.2. The van der Waals surface area contributed by atoms with Gasteiger partial charge in [0.05, 0.1) is 6.10 Å². The van der Waals surface area contributed by atoms with Crippen LogP contribution in [0.25, 0.3) is 0 Å². The molecule has 2 aliphatic carbocycles. The largest absolute Gasteiger partial charge is 0.381 e. The number of rotatable bonds is 6. The number of hydrogen-bond donors (Lipinski definition) is 0. The van der Waals surface area contributed by atoms with Gasteiger partial charge in [-0.1, -0.05) is 50.7 Å². The Balaban J connectivity index is 1.82. The van der Waals surface area contributed by atoms with Crippen molar-refractivity contribution in [1.82, 2.24) is 4.90 Å². The molecule has 1 aromatic rings. The van der Waals surface area contributed by atoms with E-state index in [-0.39, 0.29) is 11.3 Å². The highest BCUT2D eigenvalue weighted by molar-refractivity contribution is 8.13. The third-order valence-electron chi connectivity index (χ3n) is 7.73. The summed E-state index contributed by atoms with van der Waals surface area (Å²) in [5, 5.41) is 0.920. The van der Waals surface area contributed by atoms with Crippen molar-refractivity contribution in [2.75, 3.05) is 19.4 Å². The van der Waals surface area contributed by atoms with E-state index in [1.807, 2.05) is 12.0 Å². The molecule has 1 aromatic carbocycles. The first-order chi connectivity index (χ1) is 14.9. The number of carbonyl (C=O) groups is 1. The number of likely N-dealkylation sites (N-methyl/N-ethyl adjacent to an activating group) is 1. The molecule has 2 spiro atoms. The molecule has 4 nitrogen and oxygen atoms in total.